The van der Waals surface area contributed by atoms with Crippen molar-refractivity contribution in [3.05, 3.63) is 30.0 Å². The summed E-state index contributed by atoms with van der Waals surface area (Å²) in [6.45, 7) is 3.54. The fourth-order valence-corrected chi connectivity index (χ4v) is 2.31. The summed E-state index contributed by atoms with van der Waals surface area (Å²) in [5, 5.41) is 5.64. The number of carbonyl (C=O) groups is 1. The predicted octanol–water partition coefficient (Wildman–Crippen LogP) is 2.30. The highest BCUT2D eigenvalue weighted by atomic mass is 16.1. The van der Waals surface area contributed by atoms with E-state index >= 15 is 0 Å². The van der Waals surface area contributed by atoms with Gasteiger partial charge in [-0.25, -0.2) is 0 Å². The molecule has 0 bridgehead atoms. The first-order chi connectivity index (χ1) is 9.26. The molecule has 1 heterocycles. The van der Waals surface area contributed by atoms with Crippen LogP contribution in [-0.2, 0) is 17.8 Å². The van der Waals surface area contributed by atoms with Gasteiger partial charge in [0.2, 0.25) is 0 Å². The van der Waals surface area contributed by atoms with Crippen molar-refractivity contribution < 1.29 is 4.79 Å². The van der Waals surface area contributed by atoms with E-state index < -0.39 is 0 Å². The summed E-state index contributed by atoms with van der Waals surface area (Å²) in [5.74, 6) is 0.250. The van der Waals surface area contributed by atoms with Crippen molar-refractivity contribution in [3.8, 4) is 0 Å². The molecule has 102 valence electrons. The van der Waals surface area contributed by atoms with Crippen molar-refractivity contribution in [1.82, 2.24) is 9.78 Å². The fraction of sp³-hybridized carbons (Fsp3) is 0.467. The van der Waals surface area contributed by atoms with E-state index in [-0.39, 0.29) is 5.78 Å². The SMILES string of the molecule is CCn1nc(CC(=O)CCCCN)c2ccccc21. The minimum absolute atomic E-state index is 0.250. The smallest absolute Gasteiger partial charge is 0.138 e. The Balaban J connectivity index is 2.14. The Morgan fingerprint density at radius 3 is 2.84 bits per heavy atom. The number of benzene rings is 1. The van der Waals surface area contributed by atoms with Gasteiger partial charge in [-0.1, -0.05) is 18.2 Å². The molecule has 0 spiro atoms. The molecule has 2 N–H and O–H groups in total. The Hall–Kier alpha value is -1.68. The van der Waals surface area contributed by atoms with Crippen LogP contribution in [0.4, 0.5) is 0 Å². The number of ketones is 1. The van der Waals surface area contributed by atoms with Crippen LogP contribution >= 0.6 is 0 Å². The number of aromatic nitrogens is 2. The number of nitrogens with zero attached hydrogens (tertiary/aromatic N) is 2. The van der Waals surface area contributed by atoms with Gasteiger partial charge in [0.1, 0.15) is 5.78 Å². The van der Waals surface area contributed by atoms with Gasteiger partial charge in [-0.05, 0) is 32.4 Å². The summed E-state index contributed by atoms with van der Waals surface area (Å²) in [6.07, 6.45) is 2.82. The number of rotatable bonds is 7. The largest absolute Gasteiger partial charge is 0.330 e. The predicted molar refractivity (Wildman–Crippen MR) is 77.0 cm³/mol. The Kier molecular flexibility index (Phi) is 4.68. The van der Waals surface area contributed by atoms with Crippen molar-refractivity contribution in [1.29, 1.82) is 0 Å². The van der Waals surface area contributed by atoms with Crippen LogP contribution in [0, 0.1) is 0 Å². The molecule has 0 unspecified atom stereocenters. The molecule has 0 fully saturated rings. The molecule has 0 aliphatic rings. The number of nitrogens with two attached hydrogens (primary N) is 1. The molecule has 0 aliphatic carbocycles. The molecule has 2 rings (SSSR count). The summed E-state index contributed by atoms with van der Waals surface area (Å²) < 4.78 is 1.96. The Bertz CT molecular complexity index is 560. The fourth-order valence-electron chi connectivity index (χ4n) is 2.31. The standard InChI is InChI=1S/C15H21N3O/c1-2-18-15-9-4-3-8-13(15)14(17-18)11-12(19)7-5-6-10-16/h3-4,8-9H,2,5-7,10-11,16H2,1H3. The zero-order chi connectivity index (χ0) is 13.7. The molecule has 1 aromatic heterocycles. The van der Waals surface area contributed by atoms with Gasteiger partial charge in [-0.3, -0.25) is 9.48 Å². The maximum Gasteiger partial charge on any atom is 0.138 e. The molecule has 0 amide bonds. The summed E-state index contributed by atoms with van der Waals surface area (Å²) in [5.41, 5.74) is 7.44. The average molecular weight is 259 g/mol. The van der Waals surface area contributed by atoms with E-state index in [2.05, 4.69) is 12.0 Å². The molecule has 0 saturated carbocycles. The lowest BCUT2D eigenvalue weighted by atomic mass is 10.1. The summed E-state index contributed by atoms with van der Waals surface area (Å²) in [4.78, 5) is 11.9. The van der Waals surface area contributed by atoms with Crippen LogP contribution in [0.25, 0.3) is 10.9 Å². The van der Waals surface area contributed by atoms with Gasteiger partial charge in [0.05, 0.1) is 17.6 Å². The maximum atomic E-state index is 11.9. The van der Waals surface area contributed by atoms with E-state index in [0.717, 1.165) is 36.0 Å². The number of Topliss-reactive ketones (excluding diaryl/α,β-unsaturated/α-hetero) is 1. The van der Waals surface area contributed by atoms with Gasteiger partial charge in [-0.2, -0.15) is 5.10 Å². The van der Waals surface area contributed by atoms with Gasteiger partial charge in [-0.15, -0.1) is 0 Å². The molecule has 2 aromatic rings. The zero-order valence-corrected chi connectivity index (χ0v) is 11.4. The molecule has 0 saturated heterocycles. The number of para-hydroxylation sites is 1. The number of hydrogen-bond acceptors (Lipinski definition) is 3. The van der Waals surface area contributed by atoms with E-state index in [0.29, 0.717) is 19.4 Å². The molecular weight excluding hydrogens is 238 g/mol. The molecule has 4 nitrogen and oxygen atoms in total. The molecule has 0 atom stereocenters. The van der Waals surface area contributed by atoms with E-state index in [9.17, 15) is 4.79 Å². The highest BCUT2D eigenvalue weighted by molar-refractivity contribution is 5.88. The van der Waals surface area contributed by atoms with Crippen LogP contribution in [-0.4, -0.2) is 22.1 Å². The average Bonchev–Trinajstić information content (AvgIpc) is 2.77. The van der Waals surface area contributed by atoms with Gasteiger partial charge < -0.3 is 5.73 Å². The molecule has 19 heavy (non-hydrogen) atoms. The van der Waals surface area contributed by atoms with Gasteiger partial charge in [0, 0.05) is 18.4 Å². The Labute approximate surface area is 113 Å². The maximum absolute atomic E-state index is 11.9. The third kappa shape index (κ3) is 3.20. The summed E-state index contributed by atoms with van der Waals surface area (Å²) in [7, 11) is 0. The second kappa shape index (κ2) is 6.48. The number of aryl methyl sites for hydroxylation is 1. The van der Waals surface area contributed by atoms with E-state index in [1.165, 1.54) is 0 Å². The first kappa shape index (κ1) is 13.7. The number of carbonyl (C=O) groups excluding carboxylic acids is 1. The van der Waals surface area contributed by atoms with Gasteiger partial charge in [0.15, 0.2) is 0 Å². The van der Waals surface area contributed by atoms with Crippen molar-refractivity contribution in [2.75, 3.05) is 6.54 Å². The number of hydrogen-bond donors (Lipinski definition) is 1. The quantitative estimate of drug-likeness (QED) is 0.776. The second-order valence-corrected chi connectivity index (χ2v) is 4.74. The molecule has 4 heteroatoms. The van der Waals surface area contributed by atoms with E-state index in [1.54, 1.807) is 0 Å². The van der Waals surface area contributed by atoms with Crippen LogP contribution < -0.4 is 5.73 Å². The lowest BCUT2D eigenvalue weighted by molar-refractivity contribution is -0.118. The van der Waals surface area contributed by atoms with Crippen LogP contribution in [0.2, 0.25) is 0 Å². The second-order valence-electron chi connectivity index (χ2n) is 4.74. The lowest BCUT2D eigenvalue weighted by Crippen LogP contribution is -2.06. The highest BCUT2D eigenvalue weighted by Crippen LogP contribution is 2.19. The van der Waals surface area contributed by atoms with Crippen LogP contribution in [0.1, 0.15) is 31.9 Å². The van der Waals surface area contributed by atoms with Crippen molar-refractivity contribution in [2.24, 2.45) is 5.73 Å². The Morgan fingerprint density at radius 1 is 1.32 bits per heavy atom. The van der Waals surface area contributed by atoms with Crippen molar-refractivity contribution >= 4 is 16.7 Å². The zero-order valence-electron chi connectivity index (χ0n) is 11.4. The van der Waals surface area contributed by atoms with E-state index in [1.807, 2.05) is 28.9 Å². The third-order valence-electron chi connectivity index (χ3n) is 3.31. The minimum Gasteiger partial charge on any atom is -0.330 e. The van der Waals surface area contributed by atoms with Crippen molar-refractivity contribution in [2.45, 2.75) is 39.2 Å². The monoisotopic (exact) mass is 259 g/mol. The summed E-state index contributed by atoms with van der Waals surface area (Å²) >= 11 is 0. The van der Waals surface area contributed by atoms with Crippen LogP contribution in [0.3, 0.4) is 0 Å². The van der Waals surface area contributed by atoms with Crippen LogP contribution in [0.5, 0.6) is 0 Å². The number of fused-ring (bicyclic) bond motifs is 1. The van der Waals surface area contributed by atoms with Crippen molar-refractivity contribution in [3.63, 3.8) is 0 Å². The summed E-state index contributed by atoms with van der Waals surface area (Å²) in [6, 6.07) is 8.08. The third-order valence-corrected chi connectivity index (χ3v) is 3.31. The van der Waals surface area contributed by atoms with Gasteiger partial charge in [0.25, 0.3) is 0 Å². The lowest BCUT2D eigenvalue weighted by Gasteiger charge is -1.98. The molecule has 1 aromatic carbocycles. The van der Waals surface area contributed by atoms with E-state index in [4.69, 9.17) is 5.73 Å². The first-order valence-corrected chi connectivity index (χ1v) is 6.92. The normalized spacial score (nSPS) is 11.1. The molecule has 0 radical (unpaired) electrons. The molecular formula is C15H21N3O. The first-order valence-electron chi connectivity index (χ1n) is 6.92. The van der Waals surface area contributed by atoms with Gasteiger partial charge >= 0.3 is 0 Å². The topological polar surface area (TPSA) is 60.9 Å². The minimum atomic E-state index is 0.250. The highest BCUT2D eigenvalue weighted by Gasteiger charge is 2.12. The van der Waals surface area contributed by atoms with Crippen LogP contribution in [0.15, 0.2) is 24.3 Å². The number of unbranched alkanes of at least 4 members (excludes halogenated alkanes) is 1. The molecule has 0 aliphatic heterocycles. The Morgan fingerprint density at radius 2 is 2.11 bits per heavy atom.